The predicted octanol–water partition coefficient (Wildman–Crippen LogP) is 2.61. The number of hydrogen-bond acceptors (Lipinski definition) is 16. The summed E-state index contributed by atoms with van der Waals surface area (Å²) in [7, 11) is 8.42. The first-order valence-corrected chi connectivity index (χ1v) is 20.8. The predicted molar refractivity (Wildman–Crippen MR) is 214 cm³/mol. The number of aliphatic hydroxyl groups excluding tert-OH is 2. The molecule has 0 spiro atoms. The highest BCUT2D eigenvalue weighted by Crippen LogP contribution is 2.40. The molecule has 0 radical (unpaired) electrons. The average molecular weight is 833 g/mol. The van der Waals surface area contributed by atoms with Crippen LogP contribution in [-0.2, 0) is 47.5 Å². The van der Waals surface area contributed by atoms with Gasteiger partial charge in [0.2, 0.25) is 0 Å². The van der Waals surface area contributed by atoms with Gasteiger partial charge in [-0.05, 0) is 94.8 Å². The van der Waals surface area contributed by atoms with Gasteiger partial charge < -0.3 is 68.1 Å². The van der Waals surface area contributed by atoms with E-state index in [0.717, 1.165) is 6.08 Å². The maximum absolute atomic E-state index is 14.4. The van der Waals surface area contributed by atoms with Crippen molar-refractivity contribution >= 4 is 11.9 Å². The first-order chi connectivity index (χ1) is 26.8. The van der Waals surface area contributed by atoms with Crippen molar-refractivity contribution in [1.82, 2.24) is 9.80 Å². The molecule has 3 aliphatic rings. The molecule has 3 rings (SSSR count). The molecule has 16 heteroatoms. The summed E-state index contributed by atoms with van der Waals surface area (Å²) in [5.74, 6) is -3.32. The van der Waals surface area contributed by atoms with E-state index in [1.165, 1.54) is 27.4 Å². The second-order valence-corrected chi connectivity index (χ2v) is 18.1. The van der Waals surface area contributed by atoms with Gasteiger partial charge in [0.05, 0.1) is 67.0 Å². The van der Waals surface area contributed by atoms with Gasteiger partial charge in [-0.15, -0.1) is 0 Å². The highest BCUT2D eigenvalue weighted by molar-refractivity contribution is 5.81. The Hall–Kier alpha value is -1.96. The largest absolute Gasteiger partial charge is 0.491 e. The third kappa shape index (κ3) is 11.9. The number of rotatable bonds is 10. The van der Waals surface area contributed by atoms with E-state index in [4.69, 9.17) is 37.9 Å². The molecule has 0 aromatic heterocycles. The lowest BCUT2D eigenvalue weighted by atomic mass is 9.77. The fourth-order valence-electron chi connectivity index (χ4n) is 9.12. The van der Waals surface area contributed by atoms with Crippen LogP contribution in [0.25, 0.3) is 0 Å². The van der Waals surface area contributed by atoms with Crippen molar-refractivity contribution in [3.8, 4) is 0 Å². The topological polar surface area (TPSA) is 195 Å². The van der Waals surface area contributed by atoms with Gasteiger partial charge in [0.1, 0.15) is 23.9 Å². The zero-order valence-corrected chi connectivity index (χ0v) is 37.6. The molecule has 0 bridgehead atoms. The second-order valence-electron chi connectivity index (χ2n) is 18.1. The van der Waals surface area contributed by atoms with Crippen molar-refractivity contribution in [3.63, 3.8) is 0 Å². The van der Waals surface area contributed by atoms with E-state index >= 15 is 0 Å². The SMILES string of the molecule is CC[C@H]1OC(=O)[C@H](C)[C@@H](O[C@H]2C[C@@](C)(OC)[C@@H](O)[C@H](C)O2)[C@H](C)[C@@H](O[C@@H]2O[C@H](C)C[C@H](N(C)C)[C@H]2OC=CC(=O)OC)[C@@](C)(O)C[C@@H](C)CN(C)[C@H](C)[C@@H](O)[C@]1(C)O. The molecule has 0 saturated carbocycles. The number of likely N-dealkylation sites (N-methyl/N-ethyl adjacent to an activating group) is 2. The molecule has 0 unspecified atom stereocenters. The summed E-state index contributed by atoms with van der Waals surface area (Å²) in [6.45, 7) is 18.0. The van der Waals surface area contributed by atoms with Gasteiger partial charge in [-0.2, -0.15) is 0 Å². The molecule has 3 heterocycles. The number of carbonyl (C=O) groups excluding carboxylic acids is 2. The Morgan fingerprint density at radius 1 is 0.966 bits per heavy atom. The van der Waals surface area contributed by atoms with Gasteiger partial charge in [0, 0.05) is 32.0 Å². The van der Waals surface area contributed by atoms with Crippen LogP contribution >= 0.6 is 0 Å². The van der Waals surface area contributed by atoms with E-state index in [1.54, 1.807) is 41.5 Å². The van der Waals surface area contributed by atoms with Crippen molar-refractivity contribution in [1.29, 1.82) is 0 Å². The third-order valence-corrected chi connectivity index (χ3v) is 12.8. The van der Waals surface area contributed by atoms with Crippen LogP contribution in [-0.4, -0.2) is 174 Å². The van der Waals surface area contributed by atoms with E-state index in [-0.39, 0.29) is 37.3 Å². The summed E-state index contributed by atoms with van der Waals surface area (Å²) in [6, 6.07) is -0.805. The zero-order chi connectivity index (χ0) is 44.1. The molecular weight excluding hydrogens is 756 g/mol. The van der Waals surface area contributed by atoms with E-state index in [1.807, 2.05) is 51.7 Å². The van der Waals surface area contributed by atoms with Gasteiger partial charge in [-0.25, -0.2) is 4.79 Å². The summed E-state index contributed by atoms with van der Waals surface area (Å²) in [6.07, 6.45) is -5.82. The number of nitrogens with zero attached hydrogens (tertiary/aromatic N) is 2. The molecule has 3 fully saturated rings. The standard InChI is InChI=1S/C42H76N2O14/c1-16-30-42(10,50)35(46)27(6)44(13)22-23(2)20-40(8,49)37(58-39-34(53-18-17-31(45)51-14)29(43(11)12)19-24(3)54-39)25(4)33(26(5)38(48)56-30)57-32-21-41(9,52-15)36(47)28(7)55-32/h17-18,23-30,32-37,39,46-47,49-50H,16,19-22H2,1-15H3/t23-,24-,25+,26-,27-,28+,29+,30-,32+,33+,34-,35-,36+,37-,39+,40+,41-,42-/m1/s1. The number of ether oxygens (including phenoxy) is 8. The highest BCUT2D eigenvalue weighted by atomic mass is 16.7. The smallest absolute Gasteiger partial charge is 0.333 e. The molecule has 0 aromatic carbocycles. The molecule has 58 heavy (non-hydrogen) atoms. The fourth-order valence-corrected chi connectivity index (χ4v) is 9.12. The molecule has 3 saturated heterocycles. The highest BCUT2D eigenvalue weighted by Gasteiger charge is 2.53. The van der Waals surface area contributed by atoms with Crippen molar-refractivity contribution in [2.75, 3.05) is 41.9 Å². The number of hydrogen-bond donors (Lipinski definition) is 4. The summed E-state index contributed by atoms with van der Waals surface area (Å²) in [5, 5.41) is 47.1. The molecule has 0 aliphatic carbocycles. The lowest BCUT2D eigenvalue weighted by molar-refractivity contribution is -0.318. The summed E-state index contributed by atoms with van der Waals surface area (Å²) < 4.78 is 49.2. The Labute approximate surface area is 346 Å². The van der Waals surface area contributed by atoms with Crippen molar-refractivity contribution in [2.45, 2.75) is 185 Å². The maximum atomic E-state index is 14.4. The van der Waals surface area contributed by atoms with E-state index in [0.29, 0.717) is 13.0 Å². The van der Waals surface area contributed by atoms with Crippen molar-refractivity contribution < 1.29 is 67.9 Å². The van der Waals surface area contributed by atoms with Crippen LogP contribution in [0, 0.1) is 17.8 Å². The normalized spacial score (nSPS) is 45.7. The molecule has 16 nitrogen and oxygen atoms in total. The molecule has 18 atom stereocenters. The number of methoxy groups -OCH3 is 2. The van der Waals surface area contributed by atoms with Crippen LogP contribution in [0.15, 0.2) is 12.3 Å². The molecule has 4 N–H and O–H groups in total. The fraction of sp³-hybridized carbons (Fsp3) is 0.905. The van der Waals surface area contributed by atoms with Crippen LogP contribution in [0.3, 0.4) is 0 Å². The van der Waals surface area contributed by atoms with E-state index < -0.39 is 102 Å². The van der Waals surface area contributed by atoms with E-state index in [2.05, 4.69) is 0 Å². The quantitative estimate of drug-likeness (QED) is 0.142. The summed E-state index contributed by atoms with van der Waals surface area (Å²) in [5.41, 5.74) is -4.48. The van der Waals surface area contributed by atoms with Gasteiger partial charge >= 0.3 is 11.9 Å². The van der Waals surface area contributed by atoms with Crippen molar-refractivity contribution in [3.05, 3.63) is 12.3 Å². The Morgan fingerprint density at radius 2 is 1.60 bits per heavy atom. The zero-order valence-electron chi connectivity index (χ0n) is 37.6. The Balaban J connectivity index is 2.23. The van der Waals surface area contributed by atoms with Crippen LogP contribution in [0.4, 0.5) is 0 Å². The first-order valence-electron chi connectivity index (χ1n) is 20.8. The number of carbonyl (C=O) groups is 2. The minimum absolute atomic E-state index is 0.109. The lowest BCUT2D eigenvalue weighted by Gasteiger charge is -2.49. The van der Waals surface area contributed by atoms with Crippen LogP contribution < -0.4 is 0 Å². The van der Waals surface area contributed by atoms with Gasteiger partial charge in [0.15, 0.2) is 18.7 Å². The monoisotopic (exact) mass is 833 g/mol. The van der Waals surface area contributed by atoms with Crippen LogP contribution in [0.5, 0.6) is 0 Å². The summed E-state index contributed by atoms with van der Waals surface area (Å²) in [4.78, 5) is 30.3. The van der Waals surface area contributed by atoms with E-state index in [9.17, 15) is 30.0 Å². The minimum Gasteiger partial charge on any atom is -0.491 e. The molecule has 338 valence electrons. The molecular formula is C42H76N2O14. The van der Waals surface area contributed by atoms with Crippen molar-refractivity contribution in [2.24, 2.45) is 17.8 Å². The lowest BCUT2D eigenvalue weighted by Crippen LogP contribution is -2.60. The van der Waals surface area contributed by atoms with Gasteiger partial charge in [-0.1, -0.05) is 20.8 Å². The Kier molecular flexibility index (Phi) is 18.0. The third-order valence-electron chi connectivity index (χ3n) is 12.8. The average Bonchev–Trinajstić information content (AvgIpc) is 3.15. The Bertz CT molecular complexity index is 1350. The summed E-state index contributed by atoms with van der Waals surface area (Å²) >= 11 is 0. The number of esters is 2. The Morgan fingerprint density at radius 3 is 2.17 bits per heavy atom. The van der Waals surface area contributed by atoms with Gasteiger partial charge in [0.25, 0.3) is 0 Å². The number of cyclic esters (lactones) is 1. The maximum Gasteiger partial charge on any atom is 0.333 e. The minimum atomic E-state index is -1.83. The molecule has 0 aromatic rings. The van der Waals surface area contributed by atoms with Crippen LogP contribution in [0.2, 0.25) is 0 Å². The van der Waals surface area contributed by atoms with Gasteiger partial charge in [-0.3, -0.25) is 4.79 Å². The van der Waals surface area contributed by atoms with Crippen LogP contribution in [0.1, 0.15) is 94.9 Å². The molecule has 0 amide bonds. The second kappa shape index (κ2) is 20.7. The number of aliphatic hydroxyl groups is 4. The molecule has 3 aliphatic heterocycles. The first kappa shape index (κ1) is 50.4.